The van der Waals surface area contributed by atoms with E-state index in [4.69, 9.17) is 9.84 Å². The molecule has 0 spiro atoms. The van der Waals surface area contributed by atoms with Crippen LogP contribution in [-0.4, -0.2) is 42.3 Å². The summed E-state index contributed by atoms with van der Waals surface area (Å²) in [5, 5.41) is 8.35. The average Bonchev–Trinajstić information content (AvgIpc) is 2.48. The van der Waals surface area contributed by atoms with E-state index in [-0.39, 0.29) is 6.10 Å². The monoisotopic (exact) mass is 171 g/mol. The van der Waals surface area contributed by atoms with Gasteiger partial charge in [-0.1, -0.05) is 0 Å². The van der Waals surface area contributed by atoms with E-state index < -0.39 is 5.97 Å². The minimum Gasteiger partial charge on any atom is -0.478 e. The molecule has 0 aromatic heterocycles. The molecule has 12 heavy (non-hydrogen) atoms. The van der Waals surface area contributed by atoms with Crippen LogP contribution in [0.1, 0.15) is 6.42 Å². The summed E-state index contributed by atoms with van der Waals surface area (Å²) in [4.78, 5) is 12.1. The molecule has 0 aromatic carbocycles. The fraction of sp³-hybridized carbons (Fsp3) is 0.625. The molecule has 0 aliphatic carbocycles. The predicted octanol–water partition coefficient (Wildman–Crippen LogP) is 0.305. The average molecular weight is 171 g/mol. The van der Waals surface area contributed by atoms with E-state index >= 15 is 0 Å². The number of nitrogens with zero attached hydrogens (tertiary/aromatic N) is 1. The minimum absolute atomic E-state index is 0.253. The molecule has 1 aliphatic rings. The van der Waals surface area contributed by atoms with Gasteiger partial charge in [-0.2, -0.15) is 0 Å². The second-order valence-electron chi connectivity index (χ2n) is 2.80. The molecule has 1 saturated heterocycles. The fourth-order valence-electron chi connectivity index (χ4n) is 1.25. The zero-order valence-corrected chi connectivity index (χ0v) is 7.06. The van der Waals surface area contributed by atoms with Gasteiger partial charge < -0.3 is 14.7 Å². The van der Waals surface area contributed by atoms with E-state index in [9.17, 15) is 4.79 Å². The Balaban J connectivity index is 2.32. The normalized spacial score (nSPS) is 23.8. The molecular formula is C8H13NO3. The first-order chi connectivity index (χ1) is 5.72. The van der Waals surface area contributed by atoms with Crippen LogP contribution in [0.25, 0.3) is 0 Å². The van der Waals surface area contributed by atoms with Gasteiger partial charge in [0.1, 0.15) is 0 Å². The molecule has 1 atom stereocenters. The Hall–Kier alpha value is -1.03. The summed E-state index contributed by atoms with van der Waals surface area (Å²) >= 11 is 0. The summed E-state index contributed by atoms with van der Waals surface area (Å²) in [7, 11) is 1.68. The van der Waals surface area contributed by atoms with Crippen molar-refractivity contribution in [2.75, 3.05) is 20.2 Å². The van der Waals surface area contributed by atoms with Crippen LogP contribution in [0.2, 0.25) is 0 Å². The number of hydrogen-bond donors (Lipinski definition) is 1. The predicted molar refractivity (Wildman–Crippen MR) is 43.8 cm³/mol. The summed E-state index contributed by atoms with van der Waals surface area (Å²) in [5.74, 6) is -0.907. The van der Waals surface area contributed by atoms with Crippen molar-refractivity contribution < 1.29 is 14.6 Å². The van der Waals surface area contributed by atoms with Crippen LogP contribution >= 0.6 is 0 Å². The minimum atomic E-state index is -0.907. The quantitative estimate of drug-likeness (QED) is 0.621. The smallest absolute Gasteiger partial charge is 0.329 e. The maximum Gasteiger partial charge on any atom is 0.329 e. The Morgan fingerprint density at radius 3 is 3.00 bits per heavy atom. The first-order valence-electron chi connectivity index (χ1n) is 3.90. The zero-order chi connectivity index (χ0) is 8.97. The molecule has 0 bridgehead atoms. The van der Waals surface area contributed by atoms with Crippen molar-refractivity contribution in [3.8, 4) is 0 Å². The maximum absolute atomic E-state index is 10.2. The second-order valence-corrected chi connectivity index (χ2v) is 2.80. The lowest BCUT2D eigenvalue weighted by Gasteiger charge is -2.11. The molecular weight excluding hydrogens is 158 g/mol. The summed E-state index contributed by atoms with van der Waals surface area (Å²) in [5.41, 5.74) is 0. The van der Waals surface area contributed by atoms with Crippen molar-refractivity contribution in [2.45, 2.75) is 12.5 Å². The van der Waals surface area contributed by atoms with E-state index in [1.54, 1.807) is 13.3 Å². The van der Waals surface area contributed by atoms with Crippen LogP contribution < -0.4 is 0 Å². The highest BCUT2D eigenvalue weighted by Crippen LogP contribution is 2.11. The van der Waals surface area contributed by atoms with Gasteiger partial charge in [0.05, 0.1) is 6.10 Å². The van der Waals surface area contributed by atoms with Gasteiger partial charge in [0.15, 0.2) is 0 Å². The Kier molecular flexibility index (Phi) is 3.10. The molecule has 1 rings (SSSR count). The maximum atomic E-state index is 10.2. The first kappa shape index (κ1) is 9.06. The summed E-state index contributed by atoms with van der Waals surface area (Å²) in [6.45, 7) is 1.67. The number of ether oxygens (including phenoxy) is 1. The highest BCUT2D eigenvalue weighted by Gasteiger charge is 2.18. The molecule has 0 radical (unpaired) electrons. The molecule has 0 aromatic rings. The van der Waals surface area contributed by atoms with Crippen LogP contribution in [-0.2, 0) is 9.53 Å². The molecule has 1 fully saturated rings. The third kappa shape index (κ3) is 2.54. The van der Waals surface area contributed by atoms with Crippen LogP contribution in [0.4, 0.5) is 0 Å². The topological polar surface area (TPSA) is 49.8 Å². The molecule has 1 aliphatic heterocycles. The molecule has 68 valence electrons. The van der Waals surface area contributed by atoms with Crippen molar-refractivity contribution >= 4 is 5.97 Å². The van der Waals surface area contributed by atoms with E-state index in [2.05, 4.69) is 0 Å². The fourth-order valence-corrected chi connectivity index (χ4v) is 1.25. The molecule has 1 N–H and O–H groups in total. The molecule has 4 heteroatoms. The van der Waals surface area contributed by atoms with E-state index in [0.717, 1.165) is 25.6 Å². The van der Waals surface area contributed by atoms with Crippen molar-refractivity contribution in [1.29, 1.82) is 0 Å². The largest absolute Gasteiger partial charge is 0.478 e. The van der Waals surface area contributed by atoms with Crippen LogP contribution in [0.5, 0.6) is 0 Å². The van der Waals surface area contributed by atoms with Crippen molar-refractivity contribution in [3.05, 3.63) is 12.3 Å². The third-order valence-electron chi connectivity index (χ3n) is 1.94. The van der Waals surface area contributed by atoms with Crippen molar-refractivity contribution in [2.24, 2.45) is 0 Å². The van der Waals surface area contributed by atoms with Gasteiger partial charge in [0.25, 0.3) is 0 Å². The summed E-state index contributed by atoms with van der Waals surface area (Å²) in [6, 6.07) is 0. The third-order valence-corrected chi connectivity index (χ3v) is 1.94. The second kappa shape index (κ2) is 4.11. The van der Waals surface area contributed by atoms with Crippen LogP contribution in [0, 0.1) is 0 Å². The number of carboxylic acid groups (broad SMARTS) is 1. The zero-order valence-electron chi connectivity index (χ0n) is 7.06. The Labute approximate surface area is 71.4 Å². The summed E-state index contributed by atoms with van der Waals surface area (Å²) in [6.07, 6.45) is 3.98. The van der Waals surface area contributed by atoms with Gasteiger partial charge in [-0.25, -0.2) is 4.79 Å². The first-order valence-corrected chi connectivity index (χ1v) is 3.90. The molecule has 4 nitrogen and oxygen atoms in total. The van der Waals surface area contributed by atoms with Gasteiger partial charge in [0.2, 0.25) is 0 Å². The highest BCUT2D eigenvalue weighted by atomic mass is 16.5. The number of likely N-dealkylation sites (tertiary alicyclic amines) is 1. The molecule has 1 heterocycles. The lowest BCUT2D eigenvalue weighted by Crippen LogP contribution is -2.17. The SMILES string of the molecule is COC1CCN(/C=C/C(=O)O)C1. The highest BCUT2D eigenvalue weighted by molar-refractivity contribution is 5.79. The number of carbonyl (C=O) groups is 1. The number of rotatable bonds is 3. The van der Waals surface area contributed by atoms with Crippen LogP contribution in [0.3, 0.4) is 0 Å². The van der Waals surface area contributed by atoms with Gasteiger partial charge in [-0.3, -0.25) is 0 Å². The lowest BCUT2D eigenvalue weighted by atomic mass is 10.3. The Morgan fingerprint density at radius 1 is 1.75 bits per heavy atom. The standard InChI is InChI=1S/C8H13NO3/c1-12-7-2-4-9(6-7)5-3-8(10)11/h3,5,7H,2,4,6H2,1H3,(H,10,11)/b5-3+. The van der Waals surface area contributed by atoms with Crippen LogP contribution in [0.15, 0.2) is 12.3 Å². The number of aliphatic carboxylic acids is 1. The van der Waals surface area contributed by atoms with Gasteiger partial charge in [0, 0.05) is 32.5 Å². The molecule has 1 unspecified atom stereocenters. The van der Waals surface area contributed by atoms with E-state index in [1.807, 2.05) is 4.90 Å². The van der Waals surface area contributed by atoms with Gasteiger partial charge >= 0.3 is 5.97 Å². The van der Waals surface area contributed by atoms with Gasteiger partial charge in [-0.05, 0) is 6.42 Å². The number of hydrogen-bond acceptors (Lipinski definition) is 3. The lowest BCUT2D eigenvalue weighted by molar-refractivity contribution is -0.131. The van der Waals surface area contributed by atoms with Crippen molar-refractivity contribution in [3.63, 3.8) is 0 Å². The number of methoxy groups -OCH3 is 1. The summed E-state index contributed by atoms with van der Waals surface area (Å²) < 4.78 is 5.13. The Morgan fingerprint density at radius 2 is 2.50 bits per heavy atom. The number of carboxylic acids is 1. The van der Waals surface area contributed by atoms with E-state index in [1.165, 1.54) is 0 Å². The van der Waals surface area contributed by atoms with Crippen molar-refractivity contribution in [1.82, 2.24) is 4.90 Å². The van der Waals surface area contributed by atoms with E-state index in [0.29, 0.717) is 0 Å². The molecule has 0 amide bonds. The molecule has 0 saturated carbocycles. The van der Waals surface area contributed by atoms with Gasteiger partial charge in [-0.15, -0.1) is 0 Å². The Bertz CT molecular complexity index is 191.